The lowest BCUT2D eigenvalue weighted by Crippen LogP contribution is -2.16. The Morgan fingerprint density at radius 3 is 2.80 bits per heavy atom. The number of aromatic nitrogens is 2. The number of rotatable bonds is 5. The fourth-order valence-corrected chi connectivity index (χ4v) is 3.43. The molecule has 1 heterocycles. The highest BCUT2D eigenvalue weighted by Crippen LogP contribution is 2.24. The number of aryl methyl sites for hydroxylation is 1. The number of hydrogen-bond acceptors (Lipinski definition) is 4. The molecule has 0 bridgehead atoms. The molecule has 2 rings (SSSR count). The van der Waals surface area contributed by atoms with Crippen molar-refractivity contribution >= 4 is 31.6 Å². The van der Waals surface area contributed by atoms with E-state index in [0.29, 0.717) is 12.1 Å². The van der Waals surface area contributed by atoms with Crippen molar-refractivity contribution in [1.29, 1.82) is 0 Å². The number of nitrogens with one attached hydrogen (secondary N) is 2. The maximum absolute atomic E-state index is 12.3. The van der Waals surface area contributed by atoms with Gasteiger partial charge in [-0.05, 0) is 30.2 Å². The van der Waals surface area contributed by atoms with Crippen LogP contribution >= 0.6 is 15.9 Å². The Morgan fingerprint density at radius 1 is 1.40 bits per heavy atom. The minimum absolute atomic E-state index is 0.120. The van der Waals surface area contributed by atoms with Gasteiger partial charge < -0.3 is 5.11 Å². The van der Waals surface area contributed by atoms with Crippen molar-refractivity contribution in [2.75, 3.05) is 4.72 Å². The third-order valence-electron chi connectivity index (χ3n) is 2.81. The van der Waals surface area contributed by atoms with Crippen LogP contribution in [0.2, 0.25) is 0 Å². The van der Waals surface area contributed by atoms with E-state index >= 15 is 0 Å². The molecule has 0 aliphatic heterocycles. The van der Waals surface area contributed by atoms with Crippen molar-refractivity contribution in [3.63, 3.8) is 0 Å². The molecule has 0 fully saturated rings. The lowest BCUT2D eigenvalue weighted by atomic mass is 10.1. The third-order valence-corrected chi connectivity index (χ3v) is 4.68. The molecule has 0 saturated carbocycles. The first-order chi connectivity index (χ1) is 9.47. The summed E-state index contributed by atoms with van der Waals surface area (Å²) in [7, 11) is -3.80. The Morgan fingerprint density at radius 2 is 2.15 bits per heavy atom. The van der Waals surface area contributed by atoms with Crippen molar-refractivity contribution in [3.05, 3.63) is 40.0 Å². The molecule has 2 aromatic rings. The number of benzene rings is 1. The number of aliphatic hydroxyl groups excluding tert-OH is 1. The SMILES string of the molecule is CCc1cc(Br)ccc1NS(=O)(=O)c1[nH]ncc1CO. The van der Waals surface area contributed by atoms with E-state index in [9.17, 15) is 8.42 Å². The zero-order valence-corrected chi connectivity index (χ0v) is 13.1. The predicted octanol–water partition coefficient (Wildman–Crippen LogP) is 2.03. The maximum atomic E-state index is 12.3. The second-order valence-corrected chi connectivity index (χ2v) is 6.68. The average molecular weight is 360 g/mol. The number of aromatic amines is 1. The Hall–Kier alpha value is -1.38. The second-order valence-electron chi connectivity index (χ2n) is 4.14. The van der Waals surface area contributed by atoms with Gasteiger partial charge in [0.25, 0.3) is 10.0 Å². The zero-order chi connectivity index (χ0) is 14.8. The molecule has 6 nitrogen and oxygen atoms in total. The van der Waals surface area contributed by atoms with E-state index in [1.54, 1.807) is 12.1 Å². The molecule has 0 unspecified atom stereocenters. The summed E-state index contributed by atoms with van der Waals surface area (Å²) in [6, 6.07) is 5.31. The van der Waals surface area contributed by atoms with Gasteiger partial charge in [0.15, 0.2) is 5.03 Å². The van der Waals surface area contributed by atoms with Crippen LogP contribution < -0.4 is 4.72 Å². The van der Waals surface area contributed by atoms with Crippen LogP contribution in [-0.2, 0) is 23.1 Å². The van der Waals surface area contributed by atoms with E-state index in [1.165, 1.54) is 6.20 Å². The molecule has 20 heavy (non-hydrogen) atoms. The van der Waals surface area contributed by atoms with Gasteiger partial charge in [-0.25, -0.2) is 0 Å². The van der Waals surface area contributed by atoms with Crippen LogP contribution in [0.25, 0.3) is 0 Å². The van der Waals surface area contributed by atoms with Crippen LogP contribution in [0.1, 0.15) is 18.1 Å². The topological polar surface area (TPSA) is 95.1 Å². The highest BCUT2D eigenvalue weighted by Gasteiger charge is 2.21. The summed E-state index contributed by atoms with van der Waals surface area (Å²) in [5.74, 6) is 0. The van der Waals surface area contributed by atoms with Crippen molar-refractivity contribution < 1.29 is 13.5 Å². The van der Waals surface area contributed by atoms with Crippen molar-refractivity contribution in [2.45, 2.75) is 25.0 Å². The standard InChI is InChI=1S/C12H14BrN3O3S/c1-2-8-5-10(13)3-4-11(8)16-20(18,19)12-9(7-17)6-14-15-12/h3-6,16-17H,2,7H2,1H3,(H,14,15). The Labute approximate surface area is 125 Å². The van der Waals surface area contributed by atoms with E-state index in [0.717, 1.165) is 10.0 Å². The van der Waals surface area contributed by atoms with Gasteiger partial charge in [-0.2, -0.15) is 13.5 Å². The first-order valence-corrected chi connectivity index (χ1v) is 8.20. The molecule has 1 aromatic carbocycles. The van der Waals surface area contributed by atoms with Crippen molar-refractivity contribution in [1.82, 2.24) is 10.2 Å². The van der Waals surface area contributed by atoms with Crippen LogP contribution in [0, 0.1) is 0 Å². The Balaban J connectivity index is 2.38. The minimum Gasteiger partial charge on any atom is -0.392 e. The summed E-state index contributed by atoms with van der Waals surface area (Å²) in [6.45, 7) is 1.54. The summed E-state index contributed by atoms with van der Waals surface area (Å²) in [4.78, 5) is 0. The van der Waals surface area contributed by atoms with Gasteiger partial charge in [0.05, 0.1) is 18.5 Å². The molecule has 3 N–H and O–H groups in total. The molecule has 0 aliphatic rings. The Kier molecular flexibility index (Phi) is 4.46. The van der Waals surface area contributed by atoms with Crippen LogP contribution in [-0.4, -0.2) is 23.7 Å². The molecule has 0 amide bonds. The van der Waals surface area contributed by atoms with E-state index in [1.807, 2.05) is 13.0 Å². The predicted molar refractivity (Wildman–Crippen MR) is 78.8 cm³/mol. The molecule has 1 aromatic heterocycles. The van der Waals surface area contributed by atoms with Gasteiger partial charge in [0, 0.05) is 10.0 Å². The molecular formula is C12H14BrN3O3S. The average Bonchev–Trinajstić information content (AvgIpc) is 2.89. The Bertz CT molecular complexity index is 712. The number of aliphatic hydroxyl groups is 1. The lowest BCUT2D eigenvalue weighted by molar-refractivity contribution is 0.278. The molecule has 0 atom stereocenters. The van der Waals surface area contributed by atoms with Gasteiger partial charge in [-0.1, -0.05) is 22.9 Å². The highest BCUT2D eigenvalue weighted by molar-refractivity contribution is 9.10. The molecule has 0 spiro atoms. The summed E-state index contributed by atoms with van der Waals surface area (Å²) >= 11 is 3.35. The van der Waals surface area contributed by atoms with E-state index < -0.39 is 16.6 Å². The first kappa shape index (κ1) is 15.0. The van der Waals surface area contributed by atoms with Gasteiger partial charge in [0.1, 0.15) is 0 Å². The molecule has 108 valence electrons. The van der Waals surface area contributed by atoms with Crippen LogP contribution in [0.3, 0.4) is 0 Å². The van der Waals surface area contributed by atoms with Gasteiger partial charge >= 0.3 is 0 Å². The first-order valence-electron chi connectivity index (χ1n) is 5.92. The third kappa shape index (κ3) is 3.02. The van der Waals surface area contributed by atoms with E-state index in [2.05, 4.69) is 30.8 Å². The summed E-state index contributed by atoms with van der Waals surface area (Å²) < 4.78 is 28.0. The van der Waals surface area contributed by atoms with Gasteiger partial charge in [-0.15, -0.1) is 0 Å². The van der Waals surface area contributed by atoms with Crippen LogP contribution in [0.4, 0.5) is 5.69 Å². The monoisotopic (exact) mass is 359 g/mol. The molecule has 0 aliphatic carbocycles. The van der Waals surface area contributed by atoms with E-state index in [4.69, 9.17) is 5.11 Å². The minimum atomic E-state index is -3.80. The molecule has 0 radical (unpaired) electrons. The van der Waals surface area contributed by atoms with Gasteiger partial charge in [0.2, 0.25) is 0 Å². The zero-order valence-electron chi connectivity index (χ0n) is 10.7. The number of sulfonamides is 1. The summed E-state index contributed by atoms with van der Waals surface area (Å²) in [6.07, 6.45) is 1.98. The second kappa shape index (κ2) is 5.94. The highest BCUT2D eigenvalue weighted by atomic mass is 79.9. The molecule has 0 saturated heterocycles. The van der Waals surface area contributed by atoms with Crippen molar-refractivity contribution in [3.8, 4) is 0 Å². The summed E-state index contributed by atoms with van der Waals surface area (Å²) in [5, 5.41) is 15.0. The number of anilines is 1. The fourth-order valence-electron chi connectivity index (χ4n) is 1.79. The molecule has 8 heteroatoms. The maximum Gasteiger partial charge on any atom is 0.279 e. The quantitative estimate of drug-likeness (QED) is 0.760. The number of halogens is 1. The van der Waals surface area contributed by atoms with Crippen LogP contribution in [0.15, 0.2) is 33.9 Å². The smallest absolute Gasteiger partial charge is 0.279 e. The van der Waals surface area contributed by atoms with Crippen molar-refractivity contribution in [2.24, 2.45) is 0 Å². The normalized spacial score (nSPS) is 11.6. The number of hydrogen-bond donors (Lipinski definition) is 3. The molecular weight excluding hydrogens is 346 g/mol. The summed E-state index contributed by atoms with van der Waals surface area (Å²) in [5.41, 5.74) is 1.61. The van der Waals surface area contributed by atoms with E-state index in [-0.39, 0.29) is 10.6 Å². The largest absolute Gasteiger partial charge is 0.392 e. The van der Waals surface area contributed by atoms with Crippen LogP contribution in [0.5, 0.6) is 0 Å². The van der Waals surface area contributed by atoms with Gasteiger partial charge in [-0.3, -0.25) is 9.82 Å². The lowest BCUT2D eigenvalue weighted by Gasteiger charge is -2.11. The number of nitrogens with zero attached hydrogens (tertiary/aromatic N) is 1. The number of H-pyrrole nitrogens is 1. The fraction of sp³-hybridized carbons (Fsp3) is 0.250.